The summed E-state index contributed by atoms with van der Waals surface area (Å²) >= 11 is 0. The number of benzene rings is 1. The molecule has 0 bridgehead atoms. The number of hydrogen-bond acceptors (Lipinski definition) is 5. The number of nitrogens with one attached hydrogen (secondary N) is 1. The van der Waals surface area contributed by atoms with Gasteiger partial charge in [-0.05, 0) is 43.2 Å². The SMILES string of the molecule is CCOc1cccc(NCc2cnccc2C)c1[N+](=O)[O-]. The van der Waals surface area contributed by atoms with E-state index in [0.717, 1.165) is 11.1 Å². The third kappa shape index (κ3) is 3.47. The Balaban J connectivity index is 2.25. The fourth-order valence-corrected chi connectivity index (χ4v) is 2.00. The van der Waals surface area contributed by atoms with Gasteiger partial charge in [0.1, 0.15) is 5.69 Å². The van der Waals surface area contributed by atoms with E-state index in [9.17, 15) is 10.1 Å². The number of para-hydroxylation sites is 1. The highest BCUT2D eigenvalue weighted by Gasteiger charge is 2.20. The molecule has 0 fully saturated rings. The molecule has 0 unspecified atom stereocenters. The Kier molecular flexibility index (Phi) is 4.71. The van der Waals surface area contributed by atoms with Crippen LogP contribution in [0.4, 0.5) is 11.4 Å². The van der Waals surface area contributed by atoms with Gasteiger partial charge in [0.2, 0.25) is 0 Å². The predicted molar refractivity (Wildman–Crippen MR) is 80.6 cm³/mol. The second-order valence-electron chi connectivity index (χ2n) is 4.50. The summed E-state index contributed by atoms with van der Waals surface area (Å²) in [6.07, 6.45) is 3.47. The Morgan fingerprint density at radius 3 is 2.86 bits per heavy atom. The number of aromatic nitrogens is 1. The lowest BCUT2D eigenvalue weighted by Gasteiger charge is -2.11. The van der Waals surface area contributed by atoms with Crippen LogP contribution in [0.1, 0.15) is 18.1 Å². The molecule has 0 atom stereocenters. The number of anilines is 1. The molecule has 0 aliphatic rings. The summed E-state index contributed by atoms with van der Waals surface area (Å²) in [5.41, 5.74) is 2.48. The van der Waals surface area contributed by atoms with Crippen LogP contribution in [0, 0.1) is 17.0 Å². The van der Waals surface area contributed by atoms with E-state index >= 15 is 0 Å². The minimum absolute atomic E-state index is 0.0408. The first-order valence-corrected chi connectivity index (χ1v) is 6.67. The summed E-state index contributed by atoms with van der Waals surface area (Å²) in [4.78, 5) is 14.9. The number of hydrogen-bond donors (Lipinski definition) is 1. The van der Waals surface area contributed by atoms with Crippen molar-refractivity contribution < 1.29 is 9.66 Å². The Bertz CT molecular complexity index is 644. The van der Waals surface area contributed by atoms with E-state index in [0.29, 0.717) is 18.8 Å². The lowest BCUT2D eigenvalue weighted by Crippen LogP contribution is -2.06. The third-order valence-corrected chi connectivity index (χ3v) is 3.10. The number of aryl methyl sites for hydroxylation is 1. The van der Waals surface area contributed by atoms with E-state index in [1.165, 1.54) is 0 Å². The van der Waals surface area contributed by atoms with Crippen LogP contribution < -0.4 is 10.1 Å². The van der Waals surface area contributed by atoms with E-state index in [2.05, 4.69) is 10.3 Å². The Morgan fingerprint density at radius 1 is 1.38 bits per heavy atom. The van der Waals surface area contributed by atoms with Crippen molar-refractivity contribution in [2.24, 2.45) is 0 Å². The van der Waals surface area contributed by atoms with Crippen LogP contribution in [0.15, 0.2) is 36.7 Å². The molecule has 0 aliphatic carbocycles. The number of nitrogens with zero attached hydrogens (tertiary/aromatic N) is 2. The van der Waals surface area contributed by atoms with Gasteiger partial charge >= 0.3 is 5.69 Å². The van der Waals surface area contributed by atoms with Gasteiger partial charge in [-0.25, -0.2) is 0 Å². The molecule has 1 heterocycles. The van der Waals surface area contributed by atoms with Crippen LogP contribution >= 0.6 is 0 Å². The number of ether oxygens (including phenoxy) is 1. The number of pyridine rings is 1. The fourth-order valence-electron chi connectivity index (χ4n) is 2.00. The average molecular weight is 287 g/mol. The molecular weight excluding hydrogens is 270 g/mol. The second-order valence-corrected chi connectivity index (χ2v) is 4.50. The van der Waals surface area contributed by atoms with Crippen molar-refractivity contribution in [3.8, 4) is 5.75 Å². The van der Waals surface area contributed by atoms with Crippen molar-refractivity contribution in [2.45, 2.75) is 20.4 Å². The molecule has 1 aromatic heterocycles. The lowest BCUT2D eigenvalue weighted by molar-refractivity contribution is -0.384. The van der Waals surface area contributed by atoms with Crippen LogP contribution in [-0.2, 0) is 6.54 Å². The third-order valence-electron chi connectivity index (χ3n) is 3.10. The molecule has 6 nitrogen and oxygen atoms in total. The van der Waals surface area contributed by atoms with Gasteiger partial charge in [-0.2, -0.15) is 0 Å². The molecule has 0 radical (unpaired) electrons. The maximum atomic E-state index is 11.3. The molecular formula is C15H17N3O3. The molecule has 2 rings (SSSR count). The van der Waals surface area contributed by atoms with Crippen LogP contribution in [0.2, 0.25) is 0 Å². The molecule has 0 amide bonds. The second kappa shape index (κ2) is 6.69. The molecule has 0 saturated heterocycles. The Labute approximate surface area is 122 Å². The summed E-state index contributed by atoms with van der Waals surface area (Å²) < 4.78 is 5.32. The van der Waals surface area contributed by atoms with Crippen molar-refractivity contribution in [3.63, 3.8) is 0 Å². The Hall–Kier alpha value is -2.63. The van der Waals surface area contributed by atoms with Crippen molar-refractivity contribution in [1.82, 2.24) is 4.98 Å². The average Bonchev–Trinajstić information content (AvgIpc) is 2.46. The first-order valence-electron chi connectivity index (χ1n) is 6.67. The lowest BCUT2D eigenvalue weighted by atomic mass is 10.1. The van der Waals surface area contributed by atoms with Crippen molar-refractivity contribution in [2.75, 3.05) is 11.9 Å². The highest BCUT2D eigenvalue weighted by Crippen LogP contribution is 2.35. The number of nitro groups is 1. The van der Waals surface area contributed by atoms with Crippen molar-refractivity contribution in [1.29, 1.82) is 0 Å². The van der Waals surface area contributed by atoms with Crippen LogP contribution in [-0.4, -0.2) is 16.5 Å². The molecule has 0 spiro atoms. The quantitative estimate of drug-likeness (QED) is 0.651. The molecule has 1 aromatic carbocycles. The summed E-state index contributed by atoms with van der Waals surface area (Å²) in [6, 6.07) is 6.91. The summed E-state index contributed by atoms with van der Waals surface area (Å²) in [5, 5.41) is 14.4. The molecule has 21 heavy (non-hydrogen) atoms. The van der Waals surface area contributed by atoms with E-state index in [1.54, 1.807) is 37.5 Å². The van der Waals surface area contributed by atoms with E-state index in [4.69, 9.17) is 4.74 Å². The van der Waals surface area contributed by atoms with Gasteiger partial charge in [-0.1, -0.05) is 6.07 Å². The van der Waals surface area contributed by atoms with Gasteiger partial charge < -0.3 is 10.1 Å². The first-order chi connectivity index (χ1) is 10.1. The zero-order chi connectivity index (χ0) is 15.2. The van der Waals surface area contributed by atoms with E-state index in [-0.39, 0.29) is 11.4 Å². The highest BCUT2D eigenvalue weighted by atomic mass is 16.6. The summed E-state index contributed by atoms with van der Waals surface area (Å²) in [7, 11) is 0. The number of nitro benzene ring substituents is 1. The standard InChI is InChI=1S/C15H17N3O3/c1-3-21-14-6-4-5-13(15(14)18(19)20)17-10-12-9-16-8-7-11(12)2/h4-9,17H,3,10H2,1-2H3. The fraction of sp³-hybridized carbons (Fsp3) is 0.267. The van der Waals surface area contributed by atoms with Gasteiger partial charge in [-0.3, -0.25) is 15.1 Å². The molecule has 6 heteroatoms. The zero-order valence-corrected chi connectivity index (χ0v) is 12.0. The monoisotopic (exact) mass is 287 g/mol. The summed E-state index contributed by atoms with van der Waals surface area (Å²) in [5.74, 6) is 0.274. The maximum absolute atomic E-state index is 11.3. The molecule has 2 aromatic rings. The normalized spacial score (nSPS) is 10.2. The molecule has 0 aliphatic heterocycles. The molecule has 1 N–H and O–H groups in total. The first kappa shape index (κ1) is 14.8. The predicted octanol–water partition coefficient (Wildman–Crippen LogP) is 3.31. The van der Waals surface area contributed by atoms with Gasteiger partial charge in [0, 0.05) is 18.9 Å². The van der Waals surface area contributed by atoms with Gasteiger partial charge in [-0.15, -0.1) is 0 Å². The molecule has 110 valence electrons. The zero-order valence-electron chi connectivity index (χ0n) is 12.0. The minimum Gasteiger partial charge on any atom is -0.487 e. The van der Waals surface area contributed by atoms with Crippen LogP contribution in [0.25, 0.3) is 0 Å². The van der Waals surface area contributed by atoms with E-state index in [1.807, 2.05) is 13.0 Å². The highest BCUT2D eigenvalue weighted by molar-refractivity contribution is 5.68. The maximum Gasteiger partial charge on any atom is 0.333 e. The largest absolute Gasteiger partial charge is 0.487 e. The van der Waals surface area contributed by atoms with Gasteiger partial charge in [0.05, 0.1) is 11.5 Å². The smallest absolute Gasteiger partial charge is 0.333 e. The molecule has 0 saturated carbocycles. The van der Waals surface area contributed by atoms with Crippen LogP contribution in [0.5, 0.6) is 5.75 Å². The van der Waals surface area contributed by atoms with Gasteiger partial charge in [0.25, 0.3) is 0 Å². The minimum atomic E-state index is -0.427. The van der Waals surface area contributed by atoms with Gasteiger partial charge in [0.15, 0.2) is 5.75 Å². The van der Waals surface area contributed by atoms with Crippen LogP contribution in [0.3, 0.4) is 0 Å². The summed E-state index contributed by atoms with van der Waals surface area (Å²) in [6.45, 7) is 4.62. The topological polar surface area (TPSA) is 77.3 Å². The van der Waals surface area contributed by atoms with E-state index < -0.39 is 4.92 Å². The number of rotatable bonds is 6. The Morgan fingerprint density at radius 2 is 2.19 bits per heavy atom. The van der Waals surface area contributed by atoms with Crippen molar-refractivity contribution >= 4 is 11.4 Å². The van der Waals surface area contributed by atoms with Crippen molar-refractivity contribution in [3.05, 3.63) is 57.9 Å².